The van der Waals surface area contributed by atoms with E-state index in [4.69, 9.17) is 11.6 Å². The summed E-state index contributed by atoms with van der Waals surface area (Å²) < 4.78 is 7.26. The van der Waals surface area contributed by atoms with Gasteiger partial charge in [-0.05, 0) is 158 Å². The van der Waals surface area contributed by atoms with E-state index in [9.17, 15) is 5.26 Å². The molecule has 3 aromatic heterocycles. The summed E-state index contributed by atoms with van der Waals surface area (Å²) in [7, 11) is 0. The molecule has 4 heterocycles. The lowest BCUT2D eigenvalue weighted by atomic mass is 9.84. The summed E-state index contributed by atoms with van der Waals surface area (Å²) in [6.07, 6.45) is 0. The van der Waals surface area contributed by atoms with Gasteiger partial charge in [0.05, 0.1) is 77.5 Å². The number of thiophene rings is 1. The molecule has 0 spiro atoms. The number of rotatable bonds is 5. The highest BCUT2D eigenvalue weighted by atomic mass is 35.5. The van der Waals surface area contributed by atoms with Crippen molar-refractivity contribution in [3.8, 4) is 17.4 Å². The molecule has 0 aliphatic carbocycles. The Morgan fingerprint density at radius 3 is 1.52 bits per heavy atom. The second-order valence-electron chi connectivity index (χ2n) is 28.1. The van der Waals surface area contributed by atoms with E-state index < -0.39 is 0 Å². The first-order valence-corrected chi connectivity index (χ1v) is 30.1. The molecule has 0 saturated heterocycles. The topological polar surface area (TPSA) is 40.1 Å². The molecule has 0 radical (unpaired) electrons. The van der Waals surface area contributed by atoms with Crippen molar-refractivity contribution in [3.63, 3.8) is 0 Å². The third-order valence-corrected chi connectivity index (χ3v) is 18.8. The zero-order chi connectivity index (χ0) is 57.9. The first-order valence-electron chi connectivity index (χ1n) is 28.9. The molecule has 5 nitrogen and oxygen atoms in total. The summed E-state index contributed by atoms with van der Waals surface area (Å²) in [5, 5.41) is 19.2. The highest BCUT2D eigenvalue weighted by Crippen LogP contribution is 2.56. The van der Waals surface area contributed by atoms with Crippen LogP contribution < -0.4 is 9.80 Å². The number of nitriles is 1. The van der Waals surface area contributed by atoms with Gasteiger partial charge in [-0.2, -0.15) is 5.26 Å². The molecule has 0 saturated carbocycles. The van der Waals surface area contributed by atoms with Crippen molar-refractivity contribution in [1.29, 1.82) is 5.26 Å². The fraction of sp³-hybridized carbons (Fsp3) is 0.267. The third-order valence-electron chi connectivity index (χ3n) is 17.3. The van der Waals surface area contributed by atoms with E-state index in [2.05, 4.69) is 281 Å². The van der Waals surface area contributed by atoms with Crippen LogP contribution in [0.3, 0.4) is 0 Å². The maximum atomic E-state index is 11.4. The lowest BCUT2D eigenvalue weighted by molar-refractivity contribution is 0.589. The van der Waals surface area contributed by atoms with E-state index in [0.29, 0.717) is 16.3 Å². The second kappa shape index (κ2) is 18.3. The summed E-state index contributed by atoms with van der Waals surface area (Å²) in [6, 6.07) is 63.6. The quantitative estimate of drug-likeness (QED) is 0.172. The number of anilines is 6. The van der Waals surface area contributed by atoms with Crippen LogP contribution in [-0.2, 0) is 27.1 Å². The Labute approximate surface area is 492 Å². The van der Waals surface area contributed by atoms with Gasteiger partial charge in [0, 0.05) is 48.4 Å². The molecule has 0 unspecified atom stereocenters. The molecule has 9 aromatic carbocycles. The summed E-state index contributed by atoms with van der Waals surface area (Å²) in [6.45, 7) is 34.4. The van der Waals surface area contributed by atoms with E-state index >= 15 is 0 Å². The molecule has 1 aliphatic rings. The predicted molar refractivity (Wildman–Crippen MR) is 354 cm³/mol. The molecule has 0 N–H and O–H groups in total. The molecule has 1 aliphatic heterocycles. The predicted octanol–water partition coefficient (Wildman–Crippen LogP) is 22.5. The minimum absolute atomic E-state index is 0.0318. The van der Waals surface area contributed by atoms with Gasteiger partial charge in [-0.1, -0.05) is 176 Å². The van der Waals surface area contributed by atoms with Gasteiger partial charge in [-0.15, -0.1) is 11.3 Å². The number of fused-ring (bicyclic) bond motifs is 11. The summed E-state index contributed by atoms with van der Waals surface area (Å²) >= 11 is 10.2. The molecule has 82 heavy (non-hydrogen) atoms. The van der Waals surface area contributed by atoms with Gasteiger partial charge < -0.3 is 18.9 Å². The Morgan fingerprint density at radius 1 is 0.415 bits per heavy atom. The van der Waals surface area contributed by atoms with Crippen LogP contribution in [0, 0.1) is 11.3 Å². The highest BCUT2D eigenvalue weighted by Gasteiger charge is 2.35. The number of nitrogens with zero attached hydrogens (tertiary/aromatic N) is 5. The van der Waals surface area contributed by atoms with E-state index in [1.54, 1.807) is 11.3 Å². The maximum Gasteiger partial charge on any atom is 0.0993 e. The number of halogens is 1. The SMILES string of the molecule is CC(C)(C)c1ccc2c(c1)-n1c3ccc(C(C)(C)C)cc3c3cc(C(C)(C)C)cc(c31)N2c1cc(C#N)cc(N(c2cccc(-n3c4ccc(C(C)(C)C)cc4c4cc(C(C)(C)C)ccc43)c2)c2cccc3c2sc2ccccc23)c1Cl. The first-order chi connectivity index (χ1) is 38.7. The van der Waals surface area contributed by atoms with Crippen LogP contribution in [0.5, 0.6) is 0 Å². The van der Waals surface area contributed by atoms with Crippen molar-refractivity contribution < 1.29 is 0 Å². The monoisotopic (exact) mass is 1110 g/mol. The molecule has 13 rings (SSSR count). The molecule has 12 aromatic rings. The fourth-order valence-corrected chi connectivity index (χ4v) is 14.0. The van der Waals surface area contributed by atoms with Gasteiger partial charge in [-0.25, -0.2) is 0 Å². The van der Waals surface area contributed by atoms with E-state index in [1.807, 2.05) is 12.1 Å². The number of hydrogen-bond acceptors (Lipinski definition) is 4. The number of benzene rings is 9. The van der Waals surface area contributed by atoms with Crippen molar-refractivity contribution in [2.24, 2.45) is 0 Å². The first kappa shape index (κ1) is 53.5. The summed E-state index contributed by atoms with van der Waals surface area (Å²) in [5.41, 5.74) is 18.4. The zero-order valence-corrected chi connectivity index (χ0v) is 51.7. The Kier molecular flexibility index (Phi) is 12.0. The van der Waals surface area contributed by atoms with Crippen molar-refractivity contribution in [3.05, 3.63) is 202 Å². The second-order valence-corrected chi connectivity index (χ2v) is 29.5. The van der Waals surface area contributed by atoms with Crippen LogP contribution in [0.15, 0.2) is 164 Å². The fourth-order valence-electron chi connectivity index (χ4n) is 12.5. The summed E-state index contributed by atoms with van der Waals surface area (Å²) in [4.78, 5) is 4.68. The van der Waals surface area contributed by atoms with Crippen molar-refractivity contribution >= 4 is 121 Å². The highest BCUT2D eigenvalue weighted by molar-refractivity contribution is 7.26. The third kappa shape index (κ3) is 8.52. The maximum absolute atomic E-state index is 11.4. The van der Waals surface area contributed by atoms with E-state index in [-0.39, 0.29) is 27.1 Å². The molecule has 0 bridgehead atoms. The Hall–Kier alpha value is -7.82. The van der Waals surface area contributed by atoms with Crippen LogP contribution in [0.25, 0.3) is 75.2 Å². The molecule has 0 atom stereocenters. The van der Waals surface area contributed by atoms with E-state index in [1.165, 1.54) is 64.8 Å². The number of aromatic nitrogens is 2. The molecule has 0 amide bonds. The molecule has 410 valence electrons. The lowest BCUT2D eigenvalue weighted by Gasteiger charge is -2.37. The van der Waals surface area contributed by atoms with Gasteiger partial charge in [0.1, 0.15) is 0 Å². The molecule has 7 heteroatoms. The van der Waals surface area contributed by atoms with E-state index in [0.717, 1.165) is 66.6 Å². The van der Waals surface area contributed by atoms with Gasteiger partial charge in [0.25, 0.3) is 0 Å². The normalized spacial score (nSPS) is 13.3. The van der Waals surface area contributed by atoms with Crippen LogP contribution in [0.2, 0.25) is 5.02 Å². The van der Waals surface area contributed by atoms with Crippen LogP contribution in [0.4, 0.5) is 34.1 Å². The van der Waals surface area contributed by atoms with Gasteiger partial charge in [0.15, 0.2) is 0 Å². The van der Waals surface area contributed by atoms with Crippen LogP contribution >= 0.6 is 22.9 Å². The van der Waals surface area contributed by atoms with Crippen LogP contribution in [-0.4, -0.2) is 9.13 Å². The smallest absolute Gasteiger partial charge is 0.0993 e. The van der Waals surface area contributed by atoms with Crippen molar-refractivity contribution in [2.75, 3.05) is 9.80 Å². The van der Waals surface area contributed by atoms with Gasteiger partial charge in [-0.3, -0.25) is 0 Å². The Balaban J connectivity index is 1.11. The number of hydrogen-bond donors (Lipinski definition) is 0. The standard InChI is InChI=1S/C75H72ClN5S/c1-71(2,3)45-26-30-58-54(36-45)55-37-46(72(4,5)6)27-31-59(55)78(58)50-20-18-21-51(42-50)79(62-24-19-23-53-52-22-16-17-25-67(52)82-70(53)62)64-34-44(43-77)35-65(68(64)76)80-61-33-29-48(74(10,11)12)40-63(61)81-60-32-28-47(73(7,8)9)38-56(60)57-39-49(75(13,14)15)41-66(80)69(57)81/h16-42H,1-15H3. The molecular weight excluding hydrogens is 1040 g/mol. The minimum Gasteiger partial charge on any atom is -0.309 e. The summed E-state index contributed by atoms with van der Waals surface area (Å²) in [5.74, 6) is 0. The Morgan fingerprint density at radius 2 is 0.927 bits per heavy atom. The average Bonchev–Trinajstić information content (AvgIpc) is 2.25. The largest absolute Gasteiger partial charge is 0.309 e. The zero-order valence-electron chi connectivity index (χ0n) is 50.1. The van der Waals surface area contributed by atoms with Crippen LogP contribution in [0.1, 0.15) is 137 Å². The lowest BCUT2D eigenvalue weighted by Crippen LogP contribution is -2.22. The molecule has 0 fully saturated rings. The van der Waals surface area contributed by atoms with Gasteiger partial charge >= 0.3 is 0 Å². The average molecular weight is 1110 g/mol. The van der Waals surface area contributed by atoms with Crippen molar-refractivity contribution in [2.45, 2.75) is 131 Å². The van der Waals surface area contributed by atoms with Gasteiger partial charge in [0.2, 0.25) is 0 Å². The van der Waals surface area contributed by atoms with Crippen molar-refractivity contribution in [1.82, 2.24) is 9.13 Å². The minimum atomic E-state index is -0.197. The molecular formula is C75H72ClN5S. The Bertz CT molecular complexity index is 4620.